The van der Waals surface area contributed by atoms with Crippen molar-refractivity contribution in [3.8, 4) is 5.75 Å². The van der Waals surface area contributed by atoms with E-state index in [0.29, 0.717) is 19.7 Å². The molecule has 0 spiro atoms. The molecule has 0 radical (unpaired) electrons. The van der Waals surface area contributed by atoms with Gasteiger partial charge in [0.2, 0.25) is 5.91 Å². The van der Waals surface area contributed by atoms with Crippen LogP contribution in [-0.4, -0.2) is 43.1 Å². The molecule has 0 aliphatic carbocycles. The van der Waals surface area contributed by atoms with Crippen molar-refractivity contribution in [2.24, 2.45) is 0 Å². The Morgan fingerprint density at radius 3 is 2.45 bits per heavy atom. The number of rotatable bonds is 6. The average Bonchev–Trinajstić information content (AvgIpc) is 2.37. The molecule has 0 saturated heterocycles. The smallest absolute Gasteiger partial charge is 0.236 e. The van der Waals surface area contributed by atoms with E-state index < -0.39 is 0 Å². The summed E-state index contributed by atoms with van der Waals surface area (Å²) < 4.78 is 6.61. The minimum Gasteiger partial charge on any atom is -0.492 e. The molecule has 0 aliphatic rings. The van der Waals surface area contributed by atoms with E-state index >= 15 is 0 Å². The third-order valence-corrected chi connectivity index (χ3v) is 3.23. The third kappa shape index (κ3) is 6.91. The molecule has 112 valence electrons. The molecule has 0 heterocycles. The van der Waals surface area contributed by atoms with Gasteiger partial charge in [0.05, 0.1) is 13.1 Å². The van der Waals surface area contributed by atoms with Crippen LogP contribution in [-0.2, 0) is 4.79 Å². The lowest BCUT2D eigenvalue weighted by molar-refractivity contribution is -0.129. The first-order valence-electron chi connectivity index (χ1n) is 6.65. The summed E-state index contributed by atoms with van der Waals surface area (Å²) in [5, 5.41) is 3.18. The number of nitrogens with one attached hydrogen (secondary N) is 1. The Morgan fingerprint density at radius 1 is 1.30 bits per heavy atom. The highest BCUT2D eigenvalue weighted by molar-refractivity contribution is 9.10. The molecule has 0 aliphatic heterocycles. The van der Waals surface area contributed by atoms with E-state index in [1.54, 1.807) is 11.9 Å². The molecule has 1 rings (SSSR count). The zero-order valence-corrected chi connectivity index (χ0v) is 14.2. The summed E-state index contributed by atoms with van der Waals surface area (Å²) in [6.07, 6.45) is 0. The number of ether oxygens (including phenoxy) is 1. The summed E-state index contributed by atoms with van der Waals surface area (Å²) in [5.74, 6) is 0.876. The summed E-state index contributed by atoms with van der Waals surface area (Å²) in [6.45, 7) is 7.52. The van der Waals surface area contributed by atoms with E-state index in [1.165, 1.54) is 0 Å². The number of halogens is 1. The molecule has 0 saturated carbocycles. The number of benzene rings is 1. The quantitative estimate of drug-likeness (QED) is 0.864. The Bertz CT molecular complexity index is 426. The largest absolute Gasteiger partial charge is 0.492 e. The standard InChI is InChI=1S/C15H23BrN2O2/c1-15(2,3)17-11-14(19)18(4)9-10-20-13-7-5-12(16)6-8-13/h5-8,17H,9-11H2,1-4H3. The minimum atomic E-state index is -0.0512. The lowest BCUT2D eigenvalue weighted by Gasteiger charge is -2.23. The van der Waals surface area contributed by atoms with E-state index in [0.717, 1.165) is 10.2 Å². The second-order valence-corrected chi connectivity index (χ2v) is 6.64. The van der Waals surface area contributed by atoms with Crippen molar-refractivity contribution in [1.29, 1.82) is 0 Å². The summed E-state index contributed by atoms with van der Waals surface area (Å²) in [4.78, 5) is 13.6. The van der Waals surface area contributed by atoms with Crippen LogP contribution in [0, 0.1) is 0 Å². The van der Waals surface area contributed by atoms with Gasteiger partial charge in [0, 0.05) is 17.1 Å². The maximum Gasteiger partial charge on any atom is 0.236 e. The van der Waals surface area contributed by atoms with Crippen LogP contribution in [0.25, 0.3) is 0 Å². The number of likely N-dealkylation sites (N-methyl/N-ethyl adjacent to an activating group) is 1. The molecule has 1 N–H and O–H groups in total. The van der Waals surface area contributed by atoms with E-state index in [-0.39, 0.29) is 11.4 Å². The third-order valence-electron chi connectivity index (χ3n) is 2.70. The molecule has 1 aromatic carbocycles. The molecule has 0 atom stereocenters. The zero-order valence-electron chi connectivity index (χ0n) is 12.6. The van der Waals surface area contributed by atoms with Crippen molar-refractivity contribution in [1.82, 2.24) is 10.2 Å². The molecule has 1 amide bonds. The van der Waals surface area contributed by atoms with E-state index in [2.05, 4.69) is 21.2 Å². The van der Waals surface area contributed by atoms with Crippen LogP contribution in [0.15, 0.2) is 28.7 Å². The highest BCUT2D eigenvalue weighted by Gasteiger charge is 2.14. The maximum atomic E-state index is 11.9. The number of hydrogen-bond acceptors (Lipinski definition) is 3. The molecule has 4 nitrogen and oxygen atoms in total. The van der Waals surface area contributed by atoms with Gasteiger partial charge in [-0.05, 0) is 45.0 Å². The summed E-state index contributed by atoms with van der Waals surface area (Å²) >= 11 is 3.37. The number of amides is 1. The summed E-state index contributed by atoms with van der Waals surface area (Å²) in [7, 11) is 1.79. The molecule has 0 unspecified atom stereocenters. The Kier molecular flexibility index (Phi) is 6.49. The van der Waals surface area contributed by atoms with Gasteiger partial charge in [-0.25, -0.2) is 0 Å². The van der Waals surface area contributed by atoms with Gasteiger partial charge in [0.15, 0.2) is 0 Å². The normalized spacial score (nSPS) is 11.2. The first-order valence-corrected chi connectivity index (χ1v) is 7.44. The number of carbonyl (C=O) groups is 1. The average molecular weight is 343 g/mol. The lowest BCUT2D eigenvalue weighted by atomic mass is 10.1. The SMILES string of the molecule is CN(CCOc1ccc(Br)cc1)C(=O)CNC(C)(C)C. The Morgan fingerprint density at radius 2 is 1.90 bits per heavy atom. The minimum absolute atomic E-state index is 0.0512. The van der Waals surface area contributed by atoms with Crippen LogP contribution in [0.4, 0.5) is 0 Å². The predicted octanol–water partition coefficient (Wildman–Crippen LogP) is 2.67. The number of hydrogen-bond donors (Lipinski definition) is 1. The topological polar surface area (TPSA) is 41.6 Å². The number of carbonyl (C=O) groups excluding carboxylic acids is 1. The van der Waals surface area contributed by atoms with Crippen molar-refractivity contribution in [3.63, 3.8) is 0 Å². The van der Waals surface area contributed by atoms with Crippen molar-refractivity contribution >= 4 is 21.8 Å². The Hall–Kier alpha value is -1.07. The van der Waals surface area contributed by atoms with Crippen LogP contribution in [0.2, 0.25) is 0 Å². The number of nitrogens with zero attached hydrogens (tertiary/aromatic N) is 1. The molecule has 5 heteroatoms. The summed E-state index contributed by atoms with van der Waals surface area (Å²) in [6, 6.07) is 7.65. The second-order valence-electron chi connectivity index (χ2n) is 5.72. The molecule has 0 aromatic heterocycles. The Labute approximate surface area is 129 Å². The van der Waals surface area contributed by atoms with Crippen molar-refractivity contribution in [2.75, 3.05) is 26.7 Å². The molecule has 0 fully saturated rings. The van der Waals surface area contributed by atoms with Crippen LogP contribution in [0.3, 0.4) is 0 Å². The zero-order chi connectivity index (χ0) is 15.2. The Balaban J connectivity index is 2.27. The van der Waals surface area contributed by atoms with Gasteiger partial charge in [0.25, 0.3) is 0 Å². The molecule has 0 bridgehead atoms. The van der Waals surface area contributed by atoms with Gasteiger partial charge in [-0.3, -0.25) is 4.79 Å². The van der Waals surface area contributed by atoms with Gasteiger partial charge < -0.3 is 15.0 Å². The summed E-state index contributed by atoms with van der Waals surface area (Å²) in [5.41, 5.74) is -0.0512. The fourth-order valence-electron chi connectivity index (χ4n) is 1.43. The lowest BCUT2D eigenvalue weighted by Crippen LogP contribution is -2.44. The first-order chi connectivity index (χ1) is 9.28. The van der Waals surface area contributed by atoms with Crippen LogP contribution in [0.1, 0.15) is 20.8 Å². The monoisotopic (exact) mass is 342 g/mol. The molecular weight excluding hydrogens is 320 g/mol. The maximum absolute atomic E-state index is 11.9. The van der Waals surface area contributed by atoms with E-state index in [1.807, 2.05) is 45.0 Å². The van der Waals surface area contributed by atoms with Crippen LogP contribution < -0.4 is 10.1 Å². The van der Waals surface area contributed by atoms with Gasteiger partial charge in [-0.1, -0.05) is 15.9 Å². The van der Waals surface area contributed by atoms with E-state index in [9.17, 15) is 4.79 Å². The highest BCUT2D eigenvalue weighted by atomic mass is 79.9. The van der Waals surface area contributed by atoms with E-state index in [4.69, 9.17) is 4.74 Å². The van der Waals surface area contributed by atoms with Crippen LogP contribution >= 0.6 is 15.9 Å². The molecule has 1 aromatic rings. The first kappa shape index (κ1) is 17.0. The van der Waals surface area contributed by atoms with Crippen molar-refractivity contribution in [2.45, 2.75) is 26.3 Å². The van der Waals surface area contributed by atoms with Crippen molar-refractivity contribution in [3.05, 3.63) is 28.7 Å². The van der Waals surface area contributed by atoms with Crippen molar-refractivity contribution < 1.29 is 9.53 Å². The van der Waals surface area contributed by atoms with Gasteiger partial charge >= 0.3 is 0 Å². The highest BCUT2D eigenvalue weighted by Crippen LogP contribution is 2.15. The van der Waals surface area contributed by atoms with Gasteiger partial charge in [0.1, 0.15) is 12.4 Å². The molecule has 20 heavy (non-hydrogen) atoms. The fraction of sp³-hybridized carbons (Fsp3) is 0.533. The van der Waals surface area contributed by atoms with Gasteiger partial charge in [-0.2, -0.15) is 0 Å². The molecular formula is C15H23BrN2O2. The second kappa shape index (κ2) is 7.64. The predicted molar refractivity (Wildman–Crippen MR) is 85.0 cm³/mol. The van der Waals surface area contributed by atoms with Gasteiger partial charge in [-0.15, -0.1) is 0 Å². The fourth-order valence-corrected chi connectivity index (χ4v) is 1.70. The van der Waals surface area contributed by atoms with Crippen LogP contribution in [0.5, 0.6) is 5.75 Å².